The summed E-state index contributed by atoms with van der Waals surface area (Å²) in [5.41, 5.74) is -0.425. The normalized spacial score (nSPS) is 35.4. The number of hydrogen-bond acceptors (Lipinski definition) is 3. The van der Waals surface area contributed by atoms with Crippen LogP contribution in [0, 0.1) is 5.92 Å². The number of nitrogens with zero attached hydrogens (tertiary/aromatic N) is 1. The summed E-state index contributed by atoms with van der Waals surface area (Å²) >= 11 is 0. The molecule has 2 fully saturated rings. The maximum Gasteiger partial charge on any atom is 0.410 e. The van der Waals surface area contributed by atoms with E-state index in [0.29, 0.717) is 12.5 Å². The van der Waals surface area contributed by atoms with Crippen molar-refractivity contribution >= 4 is 6.09 Å². The van der Waals surface area contributed by atoms with Crippen LogP contribution in [0.2, 0.25) is 0 Å². The zero-order chi connectivity index (χ0) is 13.7. The van der Waals surface area contributed by atoms with E-state index < -0.39 is 5.60 Å². The Kier molecular flexibility index (Phi) is 3.13. The molecular weight excluding hydrogens is 230 g/mol. The van der Waals surface area contributed by atoms with Gasteiger partial charge in [0.2, 0.25) is 0 Å². The molecule has 2 heterocycles. The average Bonchev–Trinajstić information content (AvgIpc) is 2.88. The molecule has 0 aromatic rings. The Morgan fingerprint density at radius 2 is 2.06 bits per heavy atom. The van der Waals surface area contributed by atoms with Gasteiger partial charge in [-0.3, -0.25) is 0 Å². The molecule has 0 aliphatic carbocycles. The Morgan fingerprint density at radius 1 is 1.44 bits per heavy atom. The van der Waals surface area contributed by atoms with E-state index in [4.69, 9.17) is 9.47 Å². The summed E-state index contributed by atoms with van der Waals surface area (Å²) in [6.45, 7) is 12.8. The van der Waals surface area contributed by atoms with Gasteiger partial charge in [0.1, 0.15) is 17.3 Å². The monoisotopic (exact) mass is 255 g/mol. The fraction of sp³-hybridized carbons (Fsp3) is 0.929. The van der Waals surface area contributed by atoms with Crippen LogP contribution in [0.5, 0.6) is 0 Å². The first-order chi connectivity index (χ1) is 8.16. The first kappa shape index (κ1) is 13.7. The Balaban J connectivity index is 2.00. The molecule has 0 unspecified atom stereocenters. The number of rotatable bonds is 1. The summed E-state index contributed by atoms with van der Waals surface area (Å²) in [5, 5.41) is 0. The lowest BCUT2D eigenvalue weighted by Gasteiger charge is -2.36. The minimum atomic E-state index is -0.437. The van der Waals surface area contributed by atoms with Crippen LogP contribution >= 0.6 is 0 Å². The van der Waals surface area contributed by atoms with Gasteiger partial charge in [0, 0.05) is 6.04 Å². The zero-order valence-electron chi connectivity index (χ0n) is 12.3. The molecule has 3 atom stereocenters. The topological polar surface area (TPSA) is 42.1 Å². The molecule has 2 aliphatic heterocycles. The molecule has 0 saturated carbocycles. The highest BCUT2D eigenvalue weighted by Crippen LogP contribution is 2.50. The number of likely N-dealkylation sites (tertiary alicyclic amines) is 1. The van der Waals surface area contributed by atoms with Crippen molar-refractivity contribution in [2.75, 3.05) is 6.54 Å². The molecule has 18 heavy (non-hydrogen) atoms. The van der Waals surface area contributed by atoms with E-state index in [-0.39, 0.29) is 23.8 Å². The fourth-order valence-electron chi connectivity index (χ4n) is 2.85. The first-order valence-electron chi connectivity index (χ1n) is 6.83. The third-order valence-electron chi connectivity index (χ3n) is 3.96. The number of epoxide rings is 1. The molecular formula is C14H25NO3. The van der Waals surface area contributed by atoms with Crippen molar-refractivity contribution in [1.29, 1.82) is 0 Å². The van der Waals surface area contributed by atoms with Gasteiger partial charge < -0.3 is 14.4 Å². The summed E-state index contributed by atoms with van der Waals surface area (Å²) in [4.78, 5) is 13.9. The minimum Gasteiger partial charge on any atom is -0.444 e. The van der Waals surface area contributed by atoms with Crippen LogP contribution in [0.4, 0.5) is 4.79 Å². The second-order valence-electron chi connectivity index (χ2n) is 6.90. The van der Waals surface area contributed by atoms with Gasteiger partial charge >= 0.3 is 6.09 Å². The summed E-state index contributed by atoms with van der Waals surface area (Å²) in [6, 6.07) is 0.181. The lowest BCUT2D eigenvalue weighted by Crippen LogP contribution is -2.51. The highest BCUT2D eigenvalue weighted by atomic mass is 16.6. The van der Waals surface area contributed by atoms with Crippen molar-refractivity contribution in [2.24, 2.45) is 5.92 Å². The smallest absolute Gasteiger partial charge is 0.410 e. The molecule has 1 amide bonds. The quantitative estimate of drug-likeness (QED) is 0.677. The zero-order valence-corrected chi connectivity index (χ0v) is 12.3. The number of carbonyl (C=O) groups excluding carboxylic acids is 1. The van der Waals surface area contributed by atoms with Crippen molar-refractivity contribution in [3.8, 4) is 0 Å². The largest absolute Gasteiger partial charge is 0.444 e. The van der Waals surface area contributed by atoms with E-state index in [1.54, 1.807) is 0 Å². The van der Waals surface area contributed by atoms with Crippen LogP contribution in [-0.2, 0) is 9.47 Å². The maximum atomic E-state index is 12.1. The van der Waals surface area contributed by atoms with Crippen LogP contribution in [0.25, 0.3) is 0 Å². The van der Waals surface area contributed by atoms with Crippen molar-refractivity contribution in [3.05, 3.63) is 0 Å². The van der Waals surface area contributed by atoms with Crippen molar-refractivity contribution in [2.45, 2.75) is 71.3 Å². The molecule has 0 aromatic heterocycles. The van der Waals surface area contributed by atoms with Gasteiger partial charge in [-0.15, -0.1) is 0 Å². The van der Waals surface area contributed by atoms with Crippen LogP contribution in [0.1, 0.15) is 48.0 Å². The maximum absolute atomic E-state index is 12.1. The number of carbonyl (C=O) groups is 1. The van der Waals surface area contributed by atoms with Gasteiger partial charge in [-0.2, -0.15) is 0 Å². The molecule has 0 N–H and O–H groups in total. The number of hydrogen-bond donors (Lipinski definition) is 0. The summed E-state index contributed by atoms with van der Waals surface area (Å²) < 4.78 is 11.3. The Labute approximate surface area is 110 Å². The lowest BCUT2D eigenvalue weighted by atomic mass is 9.83. The third kappa shape index (κ3) is 2.35. The molecule has 0 spiro atoms. The number of piperidine rings is 1. The Morgan fingerprint density at radius 3 is 2.56 bits per heavy atom. The lowest BCUT2D eigenvalue weighted by molar-refractivity contribution is 0.0109. The third-order valence-corrected chi connectivity index (χ3v) is 3.96. The second-order valence-corrected chi connectivity index (χ2v) is 6.90. The highest BCUT2D eigenvalue weighted by molar-refractivity contribution is 5.69. The van der Waals surface area contributed by atoms with Gasteiger partial charge in [0.15, 0.2) is 0 Å². The highest BCUT2D eigenvalue weighted by Gasteiger charge is 2.63. The van der Waals surface area contributed by atoms with Crippen molar-refractivity contribution < 1.29 is 14.3 Å². The van der Waals surface area contributed by atoms with Gasteiger partial charge in [-0.05, 0) is 40.0 Å². The average molecular weight is 255 g/mol. The van der Waals surface area contributed by atoms with Gasteiger partial charge in [-0.25, -0.2) is 4.79 Å². The van der Waals surface area contributed by atoms with E-state index in [9.17, 15) is 4.79 Å². The number of amides is 1. The fourth-order valence-corrected chi connectivity index (χ4v) is 2.85. The van der Waals surface area contributed by atoms with Gasteiger partial charge in [0.25, 0.3) is 0 Å². The van der Waals surface area contributed by atoms with Crippen LogP contribution in [-0.4, -0.2) is 40.9 Å². The van der Waals surface area contributed by atoms with E-state index in [1.807, 2.05) is 25.7 Å². The van der Waals surface area contributed by atoms with Crippen LogP contribution in [0.15, 0.2) is 0 Å². The van der Waals surface area contributed by atoms with E-state index in [0.717, 1.165) is 6.42 Å². The predicted octanol–water partition coefficient (Wildman–Crippen LogP) is 2.81. The summed E-state index contributed by atoms with van der Waals surface area (Å²) in [6.07, 6.45) is 0.887. The molecule has 0 radical (unpaired) electrons. The summed E-state index contributed by atoms with van der Waals surface area (Å²) in [7, 11) is 0. The Hall–Kier alpha value is -0.770. The molecule has 0 bridgehead atoms. The molecule has 2 saturated heterocycles. The second kappa shape index (κ2) is 4.12. The van der Waals surface area contributed by atoms with Gasteiger partial charge in [0.05, 0.1) is 6.54 Å². The molecule has 0 aromatic carbocycles. The molecule has 2 aliphatic rings. The predicted molar refractivity (Wildman–Crippen MR) is 69.5 cm³/mol. The summed E-state index contributed by atoms with van der Waals surface area (Å²) in [5.74, 6) is 0.505. The SMILES string of the molecule is CC(C)[C@]12C[C@@H](C)N(C(=O)OC(C)(C)C)C[C@H]1O2. The minimum absolute atomic E-state index is 0.0118. The van der Waals surface area contributed by atoms with E-state index in [2.05, 4.69) is 20.8 Å². The van der Waals surface area contributed by atoms with Crippen molar-refractivity contribution in [1.82, 2.24) is 4.90 Å². The molecule has 4 nitrogen and oxygen atoms in total. The number of ether oxygens (including phenoxy) is 2. The van der Waals surface area contributed by atoms with Crippen LogP contribution < -0.4 is 0 Å². The van der Waals surface area contributed by atoms with E-state index in [1.165, 1.54) is 0 Å². The molecule has 4 heteroatoms. The van der Waals surface area contributed by atoms with E-state index >= 15 is 0 Å². The molecule has 104 valence electrons. The Bertz CT molecular complexity index is 347. The van der Waals surface area contributed by atoms with Crippen LogP contribution in [0.3, 0.4) is 0 Å². The first-order valence-corrected chi connectivity index (χ1v) is 6.83. The number of fused-ring (bicyclic) bond motifs is 1. The molecule has 2 rings (SSSR count). The van der Waals surface area contributed by atoms with Crippen molar-refractivity contribution in [3.63, 3.8) is 0 Å². The standard InChI is InChI=1S/C14H25NO3/c1-9(2)14-7-10(3)15(8-11(14)17-14)12(16)18-13(4,5)6/h9-11H,7-8H2,1-6H3/t10-,11-,14-/m1/s1. The van der Waals surface area contributed by atoms with Gasteiger partial charge in [-0.1, -0.05) is 13.8 Å².